The molecule has 4 atom stereocenters. The van der Waals surface area contributed by atoms with E-state index in [1.165, 1.54) is 93.3 Å². The molecule has 1 N–H and O–H groups in total. The first-order valence-electron chi connectivity index (χ1n) is 23.5. The molecular formula is C50H74BrCl3I2N10O2. The Bertz CT molecular complexity index is 1950. The van der Waals surface area contributed by atoms with Crippen molar-refractivity contribution >= 4 is 93.8 Å². The lowest BCUT2D eigenvalue weighted by Gasteiger charge is -2.28. The summed E-state index contributed by atoms with van der Waals surface area (Å²) in [6, 6.07) is 14.7. The Morgan fingerprint density at radius 3 is 1.35 bits per heavy atom. The molecule has 4 aromatic rings. The van der Waals surface area contributed by atoms with Crippen LogP contribution in [0.15, 0.2) is 65.8 Å². The molecule has 10 rings (SSSR count). The van der Waals surface area contributed by atoms with Crippen molar-refractivity contribution in [3.8, 4) is 0 Å². The molecule has 0 aromatic carbocycles. The van der Waals surface area contributed by atoms with Crippen LogP contribution in [0.3, 0.4) is 0 Å². The highest BCUT2D eigenvalue weighted by Crippen LogP contribution is 2.34. The second kappa shape index (κ2) is 32.2. The van der Waals surface area contributed by atoms with Gasteiger partial charge < -0.3 is 19.7 Å². The Balaban J connectivity index is 0.000000188. The normalized spacial score (nSPS) is 23.0. The number of pyridine rings is 4. The van der Waals surface area contributed by atoms with Gasteiger partial charge in [-0.15, -0.1) is 0 Å². The maximum absolute atomic E-state index is 6.06. The van der Waals surface area contributed by atoms with Gasteiger partial charge in [0.1, 0.15) is 15.6 Å². The van der Waals surface area contributed by atoms with Crippen molar-refractivity contribution in [2.24, 2.45) is 0 Å². The first-order chi connectivity index (χ1) is 32.5. The molecular weight excluding hydrogens is 1210 g/mol. The fraction of sp³-hybridized carbons (Fsp3) is 0.600. The second-order valence-electron chi connectivity index (χ2n) is 17.8. The van der Waals surface area contributed by atoms with Crippen molar-refractivity contribution in [3.05, 3.63) is 109 Å². The van der Waals surface area contributed by atoms with Crippen molar-refractivity contribution in [2.75, 3.05) is 112 Å². The molecule has 0 unspecified atom stereocenters. The molecule has 0 spiro atoms. The van der Waals surface area contributed by atoms with Gasteiger partial charge in [0.2, 0.25) is 0 Å². The summed E-state index contributed by atoms with van der Waals surface area (Å²) in [6.45, 7) is 14.0. The quantitative estimate of drug-likeness (QED) is 0.152. The number of ether oxygens (including phenoxy) is 2. The molecule has 6 saturated heterocycles. The van der Waals surface area contributed by atoms with E-state index in [1.807, 2.05) is 37.6 Å². The molecule has 0 saturated carbocycles. The minimum atomic E-state index is 0. The smallest absolute Gasteiger partial charge is 0.147 e. The number of nitrogens with zero attached hydrogens (tertiary/aromatic N) is 9. The van der Waals surface area contributed by atoms with Gasteiger partial charge in [-0.05, 0) is 175 Å². The molecule has 378 valence electrons. The topological polar surface area (TPSA) is 98.2 Å². The monoisotopic (exact) mass is 1280 g/mol. The predicted molar refractivity (Wildman–Crippen MR) is 304 cm³/mol. The van der Waals surface area contributed by atoms with E-state index in [1.54, 1.807) is 0 Å². The number of aryl methyl sites for hydroxylation is 1. The van der Waals surface area contributed by atoms with E-state index in [9.17, 15) is 0 Å². The van der Waals surface area contributed by atoms with Crippen molar-refractivity contribution in [2.45, 2.75) is 89.9 Å². The van der Waals surface area contributed by atoms with Crippen LogP contribution in [0.25, 0.3) is 0 Å². The van der Waals surface area contributed by atoms with E-state index in [0.717, 1.165) is 80.3 Å². The van der Waals surface area contributed by atoms with Gasteiger partial charge >= 0.3 is 0 Å². The third-order valence-electron chi connectivity index (χ3n) is 13.2. The van der Waals surface area contributed by atoms with Crippen LogP contribution in [0, 0.1) is 6.92 Å². The molecule has 4 aromatic heterocycles. The van der Waals surface area contributed by atoms with E-state index < -0.39 is 0 Å². The number of anilines is 1. The first kappa shape index (κ1) is 59.5. The number of halogens is 6. The molecule has 6 aliphatic heterocycles. The highest BCUT2D eigenvalue weighted by molar-refractivity contribution is 15.0. The fourth-order valence-electron chi connectivity index (χ4n) is 9.32. The fourth-order valence-corrected chi connectivity index (χ4v) is 10.0. The molecule has 0 radical (unpaired) electrons. The van der Waals surface area contributed by atoms with Crippen LogP contribution in [0.5, 0.6) is 0 Å². The van der Waals surface area contributed by atoms with Crippen molar-refractivity contribution in [1.82, 2.24) is 44.9 Å². The van der Waals surface area contributed by atoms with Gasteiger partial charge in [-0.1, -0.05) is 54.4 Å². The Hall–Kier alpha value is -1.07. The summed E-state index contributed by atoms with van der Waals surface area (Å²) in [6.07, 6.45) is 17.8. The lowest BCUT2D eigenvalue weighted by Crippen LogP contribution is -2.36. The highest BCUT2D eigenvalue weighted by Gasteiger charge is 2.26. The van der Waals surface area contributed by atoms with E-state index in [0.29, 0.717) is 34.3 Å². The number of hydrogen-bond donors (Lipinski definition) is 1. The Morgan fingerprint density at radius 1 is 0.559 bits per heavy atom. The number of aromatic nitrogens is 4. The second-order valence-corrected chi connectivity index (χ2v) is 19.7. The molecule has 6 aliphatic rings. The molecule has 12 nitrogen and oxygen atoms in total. The standard InChI is InChI=1S/C14H21N3O.C11H15ClN2.C10H13BrN2.C10H12Cl2N2.C4H9NO.CH4.I2/c1-16-6-2-3-13(16)12-4-5-14(15-11-12)17-7-9-18-10-8-17;1-8-10(12)6-9(7-13-8)11-4-3-5-14(11)2;1-13-6-2-3-9(13)8-4-5-10(11)12-7-8;1-14-4-2-3-9(14)7-5-8(11)10(12)13-6-7;1-3-6-4-2-5-1;;1-2/h4-5,11,13H,2-3,6-10H2,1H3;6-7,11H,3-5H2,1-2H3;4-5,7,9H,2-3,6H2,1H3;5-6,9H,2-4H2,1H3;5H,1-4H2;1H4;/t13-;11-;2*9-;;;/m0000.../s1. The lowest BCUT2D eigenvalue weighted by atomic mass is 10.1. The Labute approximate surface area is 454 Å². The molecule has 68 heavy (non-hydrogen) atoms. The zero-order valence-corrected chi connectivity index (χ0v) is 48.0. The third-order valence-corrected chi connectivity index (χ3v) is 14.7. The molecule has 6 fully saturated rings. The highest BCUT2D eigenvalue weighted by atomic mass is 128. The van der Waals surface area contributed by atoms with Crippen LogP contribution >= 0.6 is 88.0 Å². The van der Waals surface area contributed by atoms with Crippen LogP contribution in [0.4, 0.5) is 5.82 Å². The van der Waals surface area contributed by atoms with Gasteiger partial charge in [0.15, 0.2) is 0 Å². The van der Waals surface area contributed by atoms with Gasteiger partial charge in [-0.25, -0.2) is 15.0 Å². The largest absolute Gasteiger partial charge is 0.379 e. The Morgan fingerprint density at radius 2 is 0.985 bits per heavy atom. The SMILES string of the molecule is C.C1COCCN1.CN1CCC[C@H]1c1ccc(Br)nc1.CN1CCC[C@H]1c1ccc(N2CCOCC2)nc1.CN1CCC[C@H]1c1cnc(Cl)c(Cl)c1.Cc1ncc([C@@H]2CCCN2C)cc1Cl.II. The predicted octanol–water partition coefficient (Wildman–Crippen LogP) is 12.3. The van der Waals surface area contributed by atoms with Gasteiger partial charge in [0.25, 0.3) is 0 Å². The van der Waals surface area contributed by atoms with Gasteiger partial charge in [-0.2, -0.15) is 0 Å². The van der Waals surface area contributed by atoms with Crippen LogP contribution in [0.2, 0.25) is 15.2 Å². The summed E-state index contributed by atoms with van der Waals surface area (Å²) >= 11 is 25.3. The summed E-state index contributed by atoms with van der Waals surface area (Å²) in [4.78, 5) is 29.0. The van der Waals surface area contributed by atoms with E-state index in [4.69, 9.17) is 44.3 Å². The average molecular weight is 1290 g/mol. The maximum atomic E-state index is 6.06. The van der Waals surface area contributed by atoms with Crippen molar-refractivity contribution in [1.29, 1.82) is 0 Å². The number of likely N-dealkylation sites (tertiary alicyclic amines) is 4. The van der Waals surface area contributed by atoms with Crippen LogP contribution in [-0.2, 0) is 9.47 Å². The molecule has 0 amide bonds. The summed E-state index contributed by atoms with van der Waals surface area (Å²) < 4.78 is 11.3. The zero-order chi connectivity index (χ0) is 48.1. The van der Waals surface area contributed by atoms with E-state index >= 15 is 0 Å². The lowest BCUT2D eigenvalue weighted by molar-refractivity contribution is 0.109. The number of morpholine rings is 2. The minimum absolute atomic E-state index is 0. The average Bonchev–Trinajstić information content (AvgIpc) is 4.20. The minimum Gasteiger partial charge on any atom is -0.379 e. The van der Waals surface area contributed by atoms with Gasteiger partial charge in [-0.3, -0.25) is 24.6 Å². The van der Waals surface area contributed by atoms with Crippen LogP contribution in [-0.4, -0.2) is 147 Å². The first-order valence-corrected chi connectivity index (χ1v) is 31.8. The van der Waals surface area contributed by atoms with Gasteiger partial charge in [0.05, 0.1) is 42.2 Å². The van der Waals surface area contributed by atoms with Crippen LogP contribution in [0.1, 0.15) is 111 Å². The molecule has 0 aliphatic carbocycles. The molecule has 0 bridgehead atoms. The number of hydrogen-bond acceptors (Lipinski definition) is 12. The van der Waals surface area contributed by atoms with E-state index in [2.05, 4.69) is 162 Å². The van der Waals surface area contributed by atoms with Gasteiger partial charge in [0, 0.05) is 112 Å². The summed E-state index contributed by atoms with van der Waals surface area (Å²) in [5.74, 6) is 1.09. The molecule has 10 heterocycles. The summed E-state index contributed by atoms with van der Waals surface area (Å²) in [5, 5.41) is 4.87. The zero-order valence-electron chi connectivity index (χ0n) is 39.8. The Kier molecular flexibility index (Phi) is 28.2. The summed E-state index contributed by atoms with van der Waals surface area (Å²) in [5.41, 5.74) is 6.02. The molecule has 18 heteroatoms. The van der Waals surface area contributed by atoms with Crippen LogP contribution < -0.4 is 10.2 Å². The van der Waals surface area contributed by atoms with Crippen molar-refractivity contribution < 1.29 is 9.47 Å². The number of rotatable bonds is 5. The number of nitrogens with one attached hydrogen (secondary N) is 1. The van der Waals surface area contributed by atoms with Crippen molar-refractivity contribution in [3.63, 3.8) is 0 Å². The summed E-state index contributed by atoms with van der Waals surface area (Å²) in [7, 11) is 8.67. The van der Waals surface area contributed by atoms with E-state index in [-0.39, 0.29) is 7.43 Å². The third kappa shape index (κ3) is 18.8. The maximum Gasteiger partial charge on any atom is 0.147 e.